The fraction of sp³-hybridized carbons (Fsp3) is 0.909. The summed E-state index contributed by atoms with van der Waals surface area (Å²) in [6.07, 6.45) is 2.55. The zero-order chi connectivity index (χ0) is 13.3. The number of carbonyl (C=O) groups is 1. The van der Waals surface area contributed by atoms with E-state index in [4.69, 9.17) is 0 Å². The summed E-state index contributed by atoms with van der Waals surface area (Å²) in [6, 6.07) is 0.522. The number of amides is 1. The quantitative estimate of drug-likeness (QED) is 0.731. The Hall–Kier alpha value is -0.660. The van der Waals surface area contributed by atoms with Crippen molar-refractivity contribution >= 4 is 15.9 Å². The van der Waals surface area contributed by atoms with Crippen LogP contribution < -0.4 is 5.32 Å². The number of rotatable bonds is 4. The van der Waals surface area contributed by atoms with Crippen molar-refractivity contribution < 1.29 is 13.2 Å². The number of hydrogen-bond acceptors (Lipinski definition) is 4. The number of fused-ring (bicyclic) bond motifs is 2. The number of sulfonamides is 1. The minimum Gasteiger partial charge on any atom is -0.354 e. The topological polar surface area (TPSA) is 69.7 Å². The lowest BCUT2D eigenvalue weighted by Crippen LogP contribution is -2.42. The number of nitrogens with one attached hydrogen (secondary N) is 1. The summed E-state index contributed by atoms with van der Waals surface area (Å²) >= 11 is 0. The van der Waals surface area contributed by atoms with Gasteiger partial charge in [-0.3, -0.25) is 9.69 Å². The first-order valence-corrected chi connectivity index (χ1v) is 7.94. The van der Waals surface area contributed by atoms with Gasteiger partial charge in [0.2, 0.25) is 15.9 Å². The van der Waals surface area contributed by atoms with E-state index in [9.17, 15) is 13.2 Å². The fourth-order valence-corrected chi connectivity index (χ4v) is 3.55. The molecule has 104 valence electrons. The predicted octanol–water partition coefficient (Wildman–Crippen LogP) is -0.769. The van der Waals surface area contributed by atoms with Crippen LogP contribution in [0.5, 0.6) is 0 Å². The van der Waals surface area contributed by atoms with Crippen LogP contribution in [-0.2, 0) is 14.8 Å². The normalized spacial score (nSPS) is 29.4. The Labute approximate surface area is 108 Å². The maximum Gasteiger partial charge on any atom is 0.221 e. The molecule has 2 aliphatic heterocycles. The third kappa shape index (κ3) is 2.84. The second kappa shape index (κ2) is 5.14. The summed E-state index contributed by atoms with van der Waals surface area (Å²) in [5, 5.41) is 2.89. The van der Waals surface area contributed by atoms with E-state index >= 15 is 0 Å². The number of nitrogens with zero attached hydrogens (tertiary/aromatic N) is 2. The molecule has 18 heavy (non-hydrogen) atoms. The minimum atomic E-state index is -3.16. The Balaban J connectivity index is 1.99. The van der Waals surface area contributed by atoms with Gasteiger partial charge in [0.25, 0.3) is 0 Å². The van der Waals surface area contributed by atoms with Gasteiger partial charge in [-0.25, -0.2) is 12.7 Å². The van der Waals surface area contributed by atoms with Crippen LogP contribution in [0.1, 0.15) is 19.3 Å². The van der Waals surface area contributed by atoms with Crippen molar-refractivity contribution in [2.24, 2.45) is 0 Å². The average Bonchev–Trinajstić information content (AvgIpc) is 2.56. The van der Waals surface area contributed by atoms with Crippen molar-refractivity contribution in [1.29, 1.82) is 0 Å². The summed E-state index contributed by atoms with van der Waals surface area (Å²) in [6.45, 7) is 1.17. The summed E-state index contributed by atoms with van der Waals surface area (Å²) in [4.78, 5) is 13.7. The largest absolute Gasteiger partial charge is 0.354 e. The molecule has 0 radical (unpaired) electrons. The monoisotopic (exact) mass is 275 g/mol. The molecule has 0 aromatic rings. The lowest BCUT2D eigenvalue weighted by Gasteiger charge is -2.27. The molecule has 0 saturated carbocycles. The molecule has 0 aliphatic carbocycles. The molecule has 1 amide bonds. The number of hydrogen-bond donors (Lipinski definition) is 1. The Kier molecular flexibility index (Phi) is 3.93. The van der Waals surface area contributed by atoms with Crippen molar-refractivity contribution in [2.75, 3.05) is 32.9 Å². The molecule has 7 heteroatoms. The van der Waals surface area contributed by atoms with Gasteiger partial charge in [0, 0.05) is 45.7 Å². The van der Waals surface area contributed by atoms with Gasteiger partial charge in [0.1, 0.15) is 0 Å². The first kappa shape index (κ1) is 13.8. The molecule has 2 rings (SSSR count). The van der Waals surface area contributed by atoms with Gasteiger partial charge < -0.3 is 5.32 Å². The van der Waals surface area contributed by atoms with Gasteiger partial charge in [0.05, 0.1) is 5.75 Å². The smallest absolute Gasteiger partial charge is 0.221 e. The lowest BCUT2D eigenvalue weighted by atomic mass is 10.1. The number of carbonyl (C=O) groups excluding carboxylic acids is 1. The maximum atomic E-state index is 11.8. The summed E-state index contributed by atoms with van der Waals surface area (Å²) < 4.78 is 24.8. The molecule has 0 spiro atoms. The molecule has 2 heterocycles. The van der Waals surface area contributed by atoms with Crippen molar-refractivity contribution in [3.8, 4) is 0 Å². The highest BCUT2D eigenvalue weighted by Crippen LogP contribution is 2.27. The van der Waals surface area contributed by atoms with Crippen molar-refractivity contribution in [3.05, 3.63) is 0 Å². The SMILES string of the molecule is CN(C)S(=O)(=O)CCN1C2CCC1CC(=O)NC2. The second-order valence-corrected chi connectivity index (χ2v) is 7.53. The van der Waals surface area contributed by atoms with Crippen molar-refractivity contribution in [1.82, 2.24) is 14.5 Å². The maximum absolute atomic E-state index is 11.8. The molecule has 6 nitrogen and oxygen atoms in total. The van der Waals surface area contributed by atoms with Crippen molar-refractivity contribution in [3.63, 3.8) is 0 Å². The minimum absolute atomic E-state index is 0.0858. The molecule has 1 N–H and O–H groups in total. The molecule has 2 aliphatic rings. The van der Waals surface area contributed by atoms with Crippen LogP contribution in [0.15, 0.2) is 0 Å². The average molecular weight is 275 g/mol. The lowest BCUT2D eigenvalue weighted by molar-refractivity contribution is -0.121. The molecule has 0 aromatic carbocycles. The van der Waals surface area contributed by atoms with E-state index in [1.165, 1.54) is 4.31 Å². The zero-order valence-corrected chi connectivity index (χ0v) is 11.7. The van der Waals surface area contributed by atoms with E-state index in [-0.39, 0.29) is 17.7 Å². The summed E-state index contributed by atoms with van der Waals surface area (Å²) in [5.41, 5.74) is 0. The van der Waals surface area contributed by atoms with E-state index in [2.05, 4.69) is 10.2 Å². The molecule has 2 atom stereocenters. The molecular formula is C11H21N3O3S. The Morgan fingerprint density at radius 3 is 2.67 bits per heavy atom. The van der Waals surface area contributed by atoms with Gasteiger partial charge in [-0.2, -0.15) is 0 Å². The molecule has 0 aromatic heterocycles. The summed E-state index contributed by atoms with van der Waals surface area (Å²) in [7, 11) is -0.0497. The van der Waals surface area contributed by atoms with Gasteiger partial charge in [-0.1, -0.05) is 0 Å². The first-order valence-electron chi connectivity index (χ1n) is 6.33. The van der Waals surface area contributed by atoms with Crippen LogP contribution in [0, 0.1) is 0 Å². The third-order valence-electron chi connectivity index (χ3n) is 3.89. The molecular weight excluding hydrogens is 254 g/mol. The van der Waals surface area contributed by atoms with E-state index < -0.39 is 10.0 Å². The van der Waals surface area contributed by atoms with Crippen LogP contribution in [0.3, 0.4) is 0 Å². The van der Waals surface area contributed by atoms with Crippen LogP contribution in [0.25, 0.3) is 0 Å². The zero-order valence-electron chi connectivity index (χ0n) is 10.9. The Morgan fingerprint density at radius 1 is 1.33 bits per heavy atom. The van der Waals surface area contributed by atoms with Crippen molar-refractivity contribution in [2.45, 2.75) is 31.3 Å². The van der Waals surface area contributed by atoms with Gasteiger partial charge in [-0.05, 0) is 12.8 Å². The van der Waals surface area contributed by atoms with Crippen LogP contribution in [0.4, 0.5) is 0 Å². The molecule has 2 saturated heterocycles. The van der Waals surface area contributed by atoms with Gasteiger partial charge >= 0.3 is 0 Å². The molecule has 2 bridgehead atoms. The molecule has 2 fully saturated rings. The standard InChI is InChI=1S/C11H21N3O3S/c1-13(2)18(16,17)6-5-14-9-3-4-10(14)8-12-11(15)7-9/h9-10H,3-8H2,1-2H3,(H,12,15). The van der Waals surface area contributed by atoms with E-state index in [1.54, 1.807) is 14.1 Å². The van der Waals surface area contributed by atoms with E-state index in [1.807, 2.05) is 0 Å². The first-order chi connectivity index (χ1) is 8.40. The van der Waals surface area contributed by atoms with Crippen LogP contribution >= 0.6 is 0 Å². The Morgan fingerprint density at radius 2 is 2.00 bits per heavy atom. The van der Waals surface area contributed by atoms with Crippen LogP contribution in [-0.4, -0.2) is 68.6 Å². The van der Waals surface area contributed by atoms with Gasteiger partial charge in [0.15, 0.2) is 0 Å². The van der Waals surface area contributed by atoms with E-state index in [0.717, 1.165) is 12.8 Å². The Bertz CT molecular complexity index is 421. The highest BCUT2D eigenvalue weighted by molar-refractivity contribution is 7.89. The fourth-order valence-electron chi connectivity index (χ4n) is 2.74. The molecule has 2 unspecified atom stereocenters. The predicted molar refractivity (Wildman–Crippen MR) is 68.6 cm³/mol. The second-order valence-electron chi connectivity index (χ2n) is 5.23. The summed E-state index contributed by atoms with van der Waals surface area (Å²) in [5.74, 6) is 0.212. The van der Waals surface area contributed by atoms with Crippen LogP contribution in [0.2, 0.25) is 0 Å². The third-order valence-corrected chi connectivity index (χ3v) is 5.70. The highest BCUT2D eigenvalue weighted by atomic mass is 32.2. The van der Waals surface area contributed by atoms with Gasteiger partial charge in [-0.15, -0.1) is 0 Å². The highest BCUT2D eigenvalue weighted by Gasteiger charge is 2.37. The van der Waals surface area contributed by atoms with E-state index in [0.29, 0.717) is 25.6 Å².